The molecular formula is C37H51BrN9O4PS. The number of aryl methyl sites for hydroxylation is 2. The van der Waals surface area contributed by atoms with E-state index in [0.717, 1.165) is 91.0 Å². The van der Waals surface area contributed by atoms with Crippen LogP contribution in [0.4, 0.5) is 28.8 Å². The van der Waals surface area contributed by atoms with Crippen LogP contribution in [0.15, 0.2) is 47.3 Å². The second-order valence-electron chi connectivity index (χ2n) is 14.6. The maximum absolute atomic E-state index is 13.4. The van der Waals surface area contributed by atoms with Crippen LogP contribution in [0.2, 0.25) is 0 Å². The smallest absolute Gasteiger partial charge is 0.229 e. The first-order valence-corrected chi connectivity index (χ1v) is 23.4. The Morgan fingerprint density at radius 1 is 1.00 bits per heavy atom. The Hall–Kier alpha value is -3.49. The van der Waals surface area contributed by atoms with Crippen molar-refractivity contribution in [1.82, 2.24) is 29.5 Å². The molecule has 2 N–H and O–H groups in total. The third kappa shape index (κ3) is 9.43. The van der Waals surface area contributed by atoms with Crippen molar-refractivity contribution in [2.75, 3.05) is 93.8 Å². The molecule has 2 fully saturated rings. The molecule has 0 bridgehead atoms. The summed E-state index contributed by atoms with van der Waals surface area (Å²) >= 11 is 3.60. The third-order valence-electron chi connectivity index (χ3n) is 10.3. The van der Waals surface area contributed by atoms with Gasteiger partial charge in [-0.2, -0.15) is 10.1 Å². The molecule has 13 nitrogen and oxygen atoms in total. The second-order valence-corrected chi connectivity index (χ2v) is 20.9. The summed E-state index contributed by atoms with van der Waals surface area (Å²) in [5.41, 5.74) is 6.65. The highest BCUT2D eigenvalue weighted by Gasteiger charge is 2.30. The van der Waals surface area contributed by atoms with E-state index in [1.165, 1.54) is 6.26 Å². The molecule has 0 atom stereocenters. The summed E-state index contributed by atoms with van der Waals surface area (Å²) < 4.78 is 45.1. The van der Waals surface area contributed by atoms with Gasteiger partial charge in [-0.25, -0.2) is 13.4 Å². The number of rotatable bonds is 12. The SMILES string of the molecule is COc1cc(N2CCC(N3CCN(CCS(C)(=O)=O)CC3)CC2)c(-c2cnn(C)c2)cc1Nc1ncc(Br)c(Nc2ccc(C)c(C)c2P(C)(C)=O)n1. The van der Waals surface area contributed by atoms with E-state index in [9.17, 15) is 13.0 Å². The van der Waals surface area contributed by atoms with Crippen molar-refractivity contribution in [1.29, 1.82) is 0 Å². The first-order valence-electron chi connectivity index (χ1n) is 17.9. The molecule has 4 heterocycles. The van der Waals surface area contributed by atoms with Crippen LogP contribution < -0.4 is 25.6 Å². The fourth-order valence-corrected chi connectivity index (χ4v) is 9.94. The van der Waals surface area contributed by atoms with Crippen LogP contribution in [-0.2, 0) is 21.4 Å². The van der Waals surface area contributed by atoms with E-state index in [4.69, 9.17) is 9.72 Å². The summed E-state index contributed by atoms with van der Waals surface area (Å²) in [5.74, 6) is 1.80. The van der Waals surface area contributed by atoms with Crippen molar-refractivity contribution in [3.63, 3.8) is 0 Å². The van der Waals surface area contributed by atoms with Crippen molar-refractivity contribution < 1.29 is 17.7 Å². The number of methoxy groups -OCH3 is 1. The van der Waals surface area contributed by atoms with Gasteiger partial charge in [-0.15, -0.1) is 0 Å². The molecule has 2 aromatic heterocycles. The van der Waals surface area contributed by atoms with E-state index in [1.807, 2.05) is 45.4 Å². The van der Waals surface area contributed by atoms with Crippen LogP contribution in [-0.4, -0.2) is 122 Å². The van der Waals surface area contributed by atoms with E-state index in [-0.39, 0.29) is 5.75 Å². The Balaban J connectivity index is 1.22. The van der Waals surface area contributed by atoms with Gasteiger partial charge in [-0.3, -0.25) is 14.5 Å². The van der Waals surface area contributed by atoms with E-state index in [1.54, 1.807) is 31.3 Å². The van der Waals surface area contributed by atoms with Crippen molar-refractivity contribution in [2.24, 2.45) is 7.05 Å². The number of hydrogen-bond acceptors (Lipinski definition) is 12. The van der Waals surface area contributed by atoms with Crippen molar-refractivity contribution in [3.8, 4) is 16.9 Å². The van der Waals surface area contributed by atoms with Crippen LogP contribution in [0.25, 0.3) is 11.1 Å². The summed E-state index contributed by atoms with van der Waals surface area (Å²) in [6.07, 6.45) is 8.97. The van der Waals surface area contributed by atoms with Crippen LogP contribution in [0, 0.1) is 13.8 Å². The number of piperazine rings is 1. The van der Waals surface area contributed by atoms with E-state index in [2.05, 4.69) is 63.5 Å². The number of benzene rings is 2. The quantitative estimate of drug-likeness (QED) is 0.171. The van der Waals surface area contributed by atoms with E-state index in [0.29, 0.717) is 40.3 Å². The number of sulfone groups is 1. The Kier molecular flexibility index (Phi) is 11.9. The number of ether oxygens (including phenoxy) is 1. The molecule has 0 aliphatic carbocycles. The molecule has 0 spiro atoms. The molecule has 53 heavy (non-hydrogen) atoms. The summed E-state index contributed by atoms with van der Waals surface area (Å²) in [7, 11) is -1.98. The predicted octanol–water partition coefficient (Wildman–Crippen LogP) is 5.63. The average Bonchev–Trinajstić information content (AvgIpc) is 3.55. The van der Waals surface area contributed by atoms with Gasteiger partial charge in [0, 0.05) is 106 Å². The summed E-state index contributed by atoms with van der Waals surface area (Å²) in [4.78, 5) is 16.7. The monoisotopic (exact) mass is 827 g/mol. The molecule has 2 aliphatic rings. The number of nitrogens with one attached hydrogen (secondary N) is 2. The lowest BCUT2D eigenvalue weighted by molar-refractivity contribution is 0.0882. The molecular weight excluding hydrogens is 777 g/mol. The highest BCUT2D eigenvalue weighted by Crippen LogP contribution is 2.43. The summed E-state index contributed by atoms with van der Waals surface area (Å²) in [6.45, 7) is 13.7. The van der Waals surface area contributed by atoms with Gasteiger partial charge >= 0.3 is 0 Å². The lowest BCUT2D eigenvalue weighted by Gasteiger charge is -2.43. The summed E-state index contributed by atoms with van der Waals surface area (Å²) in [6, 6.07) is 8.64. The molecule has 0 amide bonds. The van der Waals surface area contributed by atoms with Crippen LogP contribution in [0.1, 0.15) is 24.0 Å². The van der Waals surface area contributed by atoms with Gasteiger partial charge in [-0.05, 0) is 79.2 Å². The Morgan fingerprint density at radius 2 is 1.72 bits per heavy atom. The number of piperidine rings is 1. The standard InChI is InChI=1S/C37H51BrN9O4PS/c1-25-8-9-31(35(26(25)2)52(5,6)48)41-36-30(38)23-39-37(43-36)42-32-20-29(27-22-40-44(3)24-27)33(21-34(32)51-4)47-12-10-28(11-13-47)46-16-14-45(15-17-46)18-19-53(7,49)50/h8-9,20-24,28H,10-19H2,1-7H3,(H2,39,41,42,43). The normalized spacial score (nSPS) is 16.6. The van der Waals surface area contributed by atoms with Crippen LogP contribution in [0.5, 0.6) is 5.75 Å². The minimum absolute atomic E-state index is 0.217. The Labute approximate surface area is 321 Å². The predicted molar refractivity (Wildman–Crippen MR) is 219 cm³/mol. The zero-order valence-corrected chi connectivity index (χ0v) is 35.0. The summed E-state index contributed by atoms with van der Waals surface area (Å²) in [5, 5.41) is 12.1. The largest absolute Gasteiger partial charge is 0.494 e. The molecule has 2 aliphatic heterocycles. The van der Waals surface area contributed by atoms with Gasteiger partial charge in [0.25, 0.3) is 0 Å². The minimum Gasteiger partial charge on any atom is -0.494 e. The van der Waals surface area contributed by atoms with Gasteiger partial charge < -0.3 is 24.8 Å². The molecule has 286 valence electrons. The maximum atomic E-state index is 13.4. The number of nitrogens with zero attached hydrogens (tertiary/aromatic N) is 7. The zero-order valence-electron chi connectivity index (χ0n) is 31.7. The number of hydrogen-bond donors (Lipinski definition) is 2. The molecule has 6 rings (SSSR count). The Bertz CT molecular complexity index is 2110. The van der Waals surface area contributed by atoms with Gasteiger partial charge in [0.1, 0.15) is 28.5 Å². The number of aromatic nitrogens is 4. The van der Waals surface area contributed by atoms with Gasteiger partial charge in [0.15, 0.2) is 0 Å². The highest BCUT2D eigenvalue weighted by atomic mass is 79.9. The van der Waals surface area contributed by atoms with Crippen molar-refractivity contribution in [2.45, 2.75) is 32.7 Å². The van der Waals surface area contributed by atoms with Crippen LogP contribution >= 0.6 is 23.1 Å². The first kappa shape index (κ1) is 39.2. The average molecular weight is 829 g/mol. The fraction of sp³-hybridized carbons (Fsp3) is 0.486. The molecule has 0 saturated carbocycles. The number of halogens is 1. The topological polar surface area (TPSA) is 138 Å². The lowest BCUT2D eigenvalue weighted by atomic mass is 9.98. The van der Waals surface area contributed by atoms with Gasteiger partial charge in [0.05, 0.1) is 34.9 Å². The molecule has 2 saturated heterocycles. The fourth-order valence-electron chi connectivity index (χ4n) is 7.37. The van der Waals surface area contributed by atoms with Crippen LogP contribution in [0.3, 0.4) is 0 Å². The van der Waals surface area contributed by atoms with E-state index < -0.39 is 17.0 Å². The lowest BCUT2D eigenvalue weighted by Crippen LogP contribution is -2.53. The number of anilines is 5. The molecule has 4 aromatic rings. The van der Waals surface area contributed by atoms with E-state index >= 15 is 0 Å². The highest BCUT2D eigenvalue weighted by molar-refractivity contribution is 9.10. The first-order chi connectivity index (χ1) is 25.1. The Morgan fingerprint density at radius 3 is 2.34 bits per heavy atom. The van der Waals surface area contributed by atoms with Crippen molar-refractivity contribution in [3.05, 3.63) is 58.5 Å². The molecule has 0 radical (unpaired) electrons. The molecule has 2 aromatic carbocycles. The zero-order chi connectivity index (χ0) is 38.1. The molecule has 0 unspecified atom stereocenters. The van der Waals surface area contributed by atoms with Gasteiger partial charge in [-0.1, -0.05) is 6.07 Å². The third-order valence-corrected chi connectivity index (χ3v) is 13.5. The minimum atomic E-state index is -2.96. The second kappa shape index (κ2) is 16.1. The maximum Gasteiger partial charge on any atom is 0.229 e. The molecule has 16 heteroatoms. The van der Waals surface area contributed by atoms with Gasteiger partial charge in [0.2, 0.25) is 5.95 Å². The van der Waals surface area contributed by atoms with Crippen molar-refractivity contribution >= 4 is 67.0 Å².